The van der Waals surface area contributed by atoms with Gasteiger partial charge in [-0.05, 0) is 62.2 Å². The average molecular weight is 480 g/mol. The van der Waals surface area contributed by atoms with Crippen molar-refractivity contribution in [2.75, 3.05) is 21.5 Å². The maximum Gasteiger partial charge on any atom is 0.263 e. The minimum Gasteiger partial charge on any atom is -0.326 e. The molecule has 0 aliphatic carbocycles. The van der Waals surface area contributed by atoms with Crippen LogP contribution < -0.4 is 14.9 Å². The number of benzene rings is 2. The molecule has 2 aromatic carbocycles. The van der Waals surface area contributed by atoms with E-state index in [1.807, 2.05) is 24.3 Å². The maximum atomic E-state index is 12.7. The van der Waals surface area contributed by atoms with E-state index < -0.39 is 10.0 Å². The Morgan fingerprint density at radius 3 is 2.35 bits per heavy atom. The standard InChI is InChI=1S/C24H25N5O4S/c1-16-14-22(26-17(2)25-16)28-34(32,33)21-11-7-19(8-12-21)27-23(30)15-18-5-9-20(10-6-18)29-13-3-4-24(29)31/h5-12,14H,3-4,13,15H2,1-2H3,(H,27,30)(H,25,26,28). The Hall–Kier alpha value is -3.79. The minimum absolute atomic E-state index is 0.0477. The predicted octanol–water partition coefficient (Wildman–Crippen LogP) is 3.20. The van der Waals surface area contributed by atoms with E-state index in [4.69, 9.17) is 0 Å². The van der Waals surface area contributed by atoms with Crippen LogP contribution in [0.25, 0.3) is 0 Å². The van der Waals surface area contributed by atoms with Crippen molar-refractivity contribution >= 4 is 39.0 Å². The molecular weight excluding hydrogens is 454 g/mol. The third-order valence-corrected chi connectivity index (χ3v) is 6.71. The SMILES string of the molecule is Cc1cc(NS(=O)(=O)c2ccc(NC(=O)Cc3ccc(N4CCCC4=O)cc3)cc2)nc(C)n1. The number of carbonyl (C=O) groups is 2. The van der Waals surface area contributed by atoms with E-state index >= 15 is 0 Å². The Morgan fingerprint density at radius 2 is 1.74 bits per heavy atom. The number of nitrogens with zero attached hydrogens (tertiary/aromatic N) is 3. The summed E-state index contributed by atoms with van der Waals surface area (Å²) in [6, 6.07) is 14.8. The lowest BCUT2D eigenvalue weighted by atomic mass is 10.1. The minimum atomic E-state index is -3.84. The molecule has 0 bridgehead atoms. The van der Waals surface area contributed by atoms with Crippen LogP contribution in [0.1, 0.15) is 29.9 Å². The van der Waals surface area contributed by atoms with E-state index in [0.717, 1.165) is 24.2 Å². The smallest absolute Gasteiger partial charge is 0.263 e. The second-order valence-electron chi connectivity index (χ2n) is 8.11. The molecule has 10 heteroatoms. The molecule has 1 saturated heterocycles. The quantitative estimate of drug-likeness (QED) is 0.537. The highest BCUT2D eigenvalue weighted by atomic mass is 32.2. The van der Waals surface area contributed by atoms with Crippen molar-refractivity contribution in [2.24, 2.45) is 0 Å². The van der Waals surface area contributed by atoms with Crippen molar-refractivity contribution < 1.29 is 18.0 Å². The van der Waals surface area contributed by atoms with Crippen LogP contribution in [0.4, 0.5) is 17.2 Å². The van der Waals surface area contributed by atoms with Gasteiger partial charge in [-0.1, -0.05) is 12.1 Å². The van der Waals surface area contributed by atoms with Crippen molar-refractivity contribution in [1.82, 2.24) is 9.97 Å². The first-order valence-electron chi connectivity index (χ1n) is 10.8. The van der Waals surface area contributed by atoms with Crippen molar-refractivity contribution in [3.63, 3.8) is 0 Å². The molecule has 0 unspecified atom stereocenters. The van der Waals surface area contributed by atoms with E-state index in [-0.39, 0.29) is 28.9 Å². The first kappa shape index (κ1) is 23.4. The van der Waals surface area contributed by atoms with Gasteiger partial charge in [-0.15, -0.1) is 0 Å². The largest absolute Gasteiger partial charge is 0.326 e. The number of aryl methyl sites for hydroxylation is 2. The van der Waals surface area contributed by atoms with Crippen LogP contribution >= 0.6 is 0 Å². The lowest BCUT2D eigenvalue weighted by Gasteiger charge is -2.15. The molecule has 34 heavy (non-hydrogen) atoms. The van der Waals surface area contributed by atoms with Gasteiger partial charge in [0.2, 0.25) is 11.8 Å². The molecule has 2 amide bonds. The van der Waals surface area contributed by atoms with Crippen LogP contribution in [0.15, 0.2) is 59.5 Å². The van der Waals surface area contributed by atoms with E-state index in [0.29, 0.717) is 23.6 Å². The molecule has 1 aliphatic heterocycles. The number of anilines is 3. The molecule has 1 aliphatic rings. The van der Waals surface area contributed by atoms with Gasteiger partial charge < -0.3 is 10.2 Å². The molecule has 9 nitrogen and oxygen atoms in total. The molecule has 1 fully saturated rings. The monoisotopic (exact) mass is 479 g/mol. The van der Waals surface area contributed by atoms with Gasteiger partial charge in [-0.3, -0.25) is 14.3 Å². The summed E-state index contributed by atoms with van der Waals surface area (Å²) in [5, 5.41) is 2.77. The third-order valence-electron chi connectivity index (χ3n) is 5.34. The fourth-order valence-corrected chi connectivity index (χ4v) is 4.78. The van der Waals surface area contributed by atoms with Gasteiger partial charge in [0.1, 0.15) is 11.6 Å². The number of sulfonamides is 1. The number of rotatable bonds is 7. The van der Waals surface area contributed by atoms with Crippen LogP contribution in [0.2, 0.25) is 0 Å². The first-order chi connectivity index (χ1) is 16.2. The summed E-state index contributed by atoms with van der Waals surface area (Å²) in [6.45, 7) is 4.16. The summed E-state index contributed by atoms with van der Waals surface area (Å²) < 4.78 is 27.8. The predicted molar refractivity (Wildman–Crippen MR) is 129 cm³/mol. The highest BCUT2D eigenvalue weighted by Gasteiger charge is 2.21. The van der Waals surface area contributed by atoms with Gasteiger partial charge in [-0.2, -0.15) is 0 Å². The van der Waals surface area contributed by atoms with Gasteiger partial charge in [0.05, 0.1) is 11.3 Å². The van der Waals surface area contributed by atoms with E-state index in [1.54, 1.807) is 24.8 Å². The highest BCUT2D eigenvalue weighted by Crippen LogP contribution is 2.22. The van der Waals surface area contributed by atoms with Gasteiger partial charge >= 0.3 is 0 Å². The summed E-state index contributed by atoms with van der Waals surface area (Å²) in [4.78, 5) is 34.3. The number of amides is 2. The van der Waals surface area contributed by atoms with Crippen LogP contribution in [0.5, 0.6) is 0 Å². The molecule has 1 aromatic heterocycles. The number of hydrogen-bond acceptors (Lipinski definition) is 6. The summed E-state index contributed by atoms with van der Waals surface area (Å²) in [5.41, 5.74) is 2.79. The average Bonchev–Trinajstić information content (AvgIpc) is 3.19. The molecule has 0 atom stereocenters. The second kappa shape index (κ2) is 9.60. The molecule has 0 radical (unpaired) electrons. The van der Waals surface area contributed by atoms with Gasteiger partial charge in [0.15, 0.2) is 0 Å². The lowest BCUT2D eigenvalue weighted by Crippen LogP contribution is -2.23. The molecule has 2 N–H and O–H groups in total. The fraction of sp³-hybridized carbons (Fsp3) is 0.250. The number of nitrogens with one attached hydrogen (secondary N) is 2. The van der Waals surface area contributed by atoms with Crippen molar-refractivity contribution in [2.45, 2.75) is 38.0 Å². The molecular formula is C24H25N5O4S. The Morgan fingerprint density at radius 1 is 1.03 bits per heavy atom. The summed E-state index contributed by atoms with van der Waals surface area (Å²) >= 11 is 0. The molecule has 176 valence electrons. The third kappa shape index (κ3) is 5.57. The van der Waals surface area contributed by atoms with Crippen molar-refractivity contribution in [1.29, 1.82) is 0 Å². The van der Waals surface area contributed by atoms with Gasteiger partial charge in [0.25, 0.3) is 10.0 Å². The molecule has 0 saturated carbocycles. The maximum absolute atomic E-state index is 12.7. The lowest BCUT2D eigenvalue weighted by molar-refractivity contribution is -0.117. The van der Waals surface area contributed by atoms with E-state index in [2.05, 4.69) is 20.0 Å². The zero-order valence-corrected chi connectivity index (χ0v) is 19.7. The van der Waals surface area contributed by atoms with Crippen LogP contribution in [-0.2, 0) is 26.0 Å². The second-order valence-corrected chi connectivity index (χ2v) is 9.79. The van der Waals surface area contributed by atoms with Crippen molar-refractivity contribution in [3.05, 3.63) is 71.7 Å². The van der Waals surface area contributed by atoms with Crippen LogP contribution in [-0.4, -0.2) is 36.7 Å². The Balaban J connectivity index is 1.36. The first-order valence-corrected chi connectivity index (χ1v) is 12.3. The van der Waals surface area contributed by atoms with Gasteiger partial charge in [0, 0.05) is 36.1 Å². The number of aromatic nitrogens is 2. The Kier molecular flexibility index (Phi) is 6.60. The molecule has 4 rings (SSSR count). The molecule has 0 spiro atoms. The fourth-order valence-electron chi connectivity index (χ4n) is 3.79. The van der Waals surface area contributed by atoms with Crippen molar-refractivity contribution in [3.8, 4) is 0 Å². The zero-order valence-electron chi connectivity index (χ0n) is 18.9. The summed E-state index contributed by atoms with van der Waals surface area (Å²) in [6.07, 6.45) is 1.58. The van der Waals surface area contributed by atoms with Gasteiger partial charge in [-0.25, -0.2) is 18.4 Å². The number of carbonyl (C=O) groups excluding carboxylic acids is 2. The summed E-state index contributed by atoms with van der Waals surface area (Å²) in [5.74, 6) is 0.552. The Labute approximate surface area is 198 Å². The summed E-state index contributed by atoms with van der Waals surface area (Å²) in [7, 11) is -3.84. The van der Waals surface area contributed by atoms with E-state index in [1.165, 1.54) is 24.3 Å². The topological polar surface area (TPSA) is 121 Å². The van der Waals surface area contributed by atoms with E-state index in [9.17, 15) is 18.0 Å². The highest BCUT2D eigenvalue weighted by molar-refractivity contribution is 7.92. The zero-order chi connectivity index (χ0) is 24.3. The van der Waals surface area contributed by atoms with Crippen LogP contribution in [0, 0.1) is 13.8 Å². The molecule has 2 heterocycles. The Bertz CT molecular complexity index is 1300. The number of hydrogen-bond donors (Lipinski definition) is 2. The normalized spacial score (nSPS) is 13.7. The molecule has 3 aromatic rings. The van der Waals surface area contributed by atoms with Crippen LogP contribution in [0.3, 0.4) is 0 Å².